The first kappa shape index (κ1) is 18.1. The average molecular weight is 345 g/mol. The summed E-state index contributed by atoms with van der Waals surface area (Å²) in [7, 11) is 0. The van der Waals surface area contributed by atoms with E-state index >= 15 is 0 Å². The zero-order chi connectivity index (χ0) is 18.0. The predicted molar refractivity (Wildman–Crippen MR) is 99.5 cm³/mol. The molecule has 138 valence electrons. The standard InChI is InChI=1S/C16H23N5O.C3H8/c1-10-14-13(9-21(10)16(22)12-4-5-17-8-12)18-11(2)19-15(14)20-6-3-7-20;1-3-2/h10,12,17H,3-9H2,1-2H3;3H2,1-2H3/t10-,12?;/m1./s1. The van der Waals surface area contributed by atoms with Crippen LogP contribution in [-0.4, -0.2) is 47.0 Å². The Kier molecular flexibility index (Phi) is 5.57. The van der Waals surface area contributed by atoms with E-state index in [-0.39, 0.29) is 17.9 Å². The molecule has 0 aliphatic carbocycles. The summed E-state index contributed by atoms with van der Waals surface area (Å²) in [6.07, 6.45) is 3.42. The number of anilines is 1. The van der Waals surface area contributed by atoms with Crippen molar-refractivity contribution in [1.29, 1.82) is 0 Å². The lowest BCUT2D eigenvalue weighted by atomic mass is 10.1. The van der Waals surface area contributed by atoms with Crippen molar-refractivity contribution < 1.29 is 4.79 Å². The number of carbonyl (C=O) groups excluding carboxylic acids is 1. The van der Waals surface area contributed by atoms with E-state index in [0.717, 1.165) is 49.9 Å². The fourth-order valence-electron chi connectivity index (χ4n) is 3.76. The second-order valence-corrected chi connectivity index (χ2v) is 7.33. The fraction of sp³-hybridized carbons (Fsp3) is 0.737. The monoisotopic (exact) mass is 345 g/mol. The van der Waals surface area contributed by atoms with Gasteiger partial charge in [0.1, 0.15) is 11.6 Å². The summed E-state index contributed by atoms with van der Waals surface area (Å²) in [5, 5.41) is 3.29. The molecule has 1 N–H and O–H groups in total. The van der Waals surface area contributed by atoms with Crippen molar-refractivity contribution in [3.05, 3.63) is 17.1 Å². The van der Waals surface area contributed by atoms with Crippen LogP contribution in [0.25, 0.3) is 0 Å². The smallest absolute Gasteiger partial charge is 0.227 e. The molecule has 4 heterocycles. The number of hydrogen-bond acceptors (Lipinski definition) is 5. The van der Waals surface area contributed by atoms with Gasteiger partial charge in [0.25, 0.3) is 0 Å². The fourth-order valence-corrected chi connectivity index (χ4v) is 3.76. The highest BCUT2D eigenvalue weighted by Gasteiger charge is 2.39. The molecule has 1 aromatic rings. The van der Waals surface area contributed by atoms with Gasteiger partial charge >= 0.3 is 0 Å². The highest BCUT2D eigenvalue weighted by Crippen LogP contribution is 2.40. The quantitative estimate of drug-likeness (QED) is 0.892. The van der Waals surface area contributed by atoms with Gasteiger partial charge < -0.3 is 15.1 Å². The molecule has 1 aromatic heterocycles. The van der Waals surface area contributed by atoms with Crippen LogP contribution in [0.5, 0.6) is 0 Å². The van der Waals surface area contributed by atoms with Gasteiger partial charge in [0.2, 0.25) is 5.91 Å². The lowest BCUT2D eigenvalue weighted by Crippen LogP contribution is -2.39. The maximum absolute atomic E-state index is 12.8. The minimum Gasteiger partial charge on any atom is -0.356 e. The Bertz CT molecular complexity index is 622. The third kappa shape index (κ3) is 3.50. The van der Waals surface area contributed by atoms with Crippen LogP contribution in [0.4, 0.5) is 5.82 Å². The van der Waals surface area contributed by atoms with Gasteiger partial charge in [-0.2, -0.15) is 0 Å². The Labute approximate surface area is 151 Å². The zero-order valence-electron chi connectivity index (χ0n) is 16.0. The SMILES string of the molecule is CCC.Cc1nc2c(c(N3CCC3)n1)[C@@H](C)N(C(=O)C1CCNC1)C2. The van der Waals surface area contributed by atoms with Gasteiger partial charge in [-0.25, -0.2) is 9.97 Å². The number of amides is 1. The number of fused-ring (bicyclic) bond motifs is 1. The predicted octanol–water partition coefficient (Wildman–Crippen LogP) is 2.42. The van der Waals surface area contributed by atoms with Gasteiger partial charge in [-0.15, -0.1) is 0 Å². The van der Waals surface area contributed by atoms with E-state index in [1.54, 1.807) is 0 Å². The van der Waals surface area contributed by atoms with Crippen LogP contribution in [0, 0.1) is 12.8 Å². The number of carbonyl (C=O) groups is 1. The topological polar surface area (TPSA) is 61.4 Å². The summed E-state index contributed by atoms with van der Waals surface area (Å²) in [4.78, 5) is 26.4. The van der Waals surface area contributed by atoms with Gasteiger partial charge in [-0.3, -0.25) is 4.79 Å². The lowest BCUT2D eigenvalue weighted by Gasteiger charge is -2.34. The Morgan fingerprint density at radius 3 is 2.56 bits per heavy atom. The maximum atomic E-state index is 12.8. The van der Waals surface area contributed by atoms with Crippen LogP contribution in [-0.2, 0) is 11.3 Å². The van der Waals surface area contributed by atoms with Crippen molar-refractivity contribution in [2.24, 2.45) is 5.92 Å². The molecule has 6 heteroatoms. The van der Waals surface area contributed by atoms with E-state index in [0.29, 0.717) is 6.54 Å². The third-order valence-electron chi connectivity index (χ3n) is 5.17. The summed E-state index contributed by atoms with van der Waals surface area (Å²) in [6, 6.07) is 0.0827. The van der Waals surface area contributed by atoms with E-state index in [4.69, 9.17) is 0 Å². The number of nitrogens with zero attached hydrogens (tertiary/aromatic N) is 4. The molecule has 2 atom stereocenters. The maximum Gasteiger partial charge on any atom is 0.227 e. The van der Waals surface area contributed by atoms with Gasteiger partial charge in [0.15, 0.2) is 0 Å². The molecule has 2 fully saturated rings. The van der Waals surface area contributed by atoms with Gasteiger partial charge in [-0.1, -0.05) is 20.3 Å². The van der Waals surface area contributed by atoms with E-state index in [2.05, 4.69) is 41.0 Å². The number of hydrogen-bond donors (Lipinski definition) is 1. The van der Waals surface area contributed by atoms with Crippen molar-refractivity contribution in [3.63, 3.8) is 0 Å². The molecule has 1 unspecified atom stereocenters. The van der Waals surface area contributed by atoms with E-state index in [1.165, 1.54) is 18.4 Å². The molecule has 3 aliphatic heterocycles. The number of rotatable bonds is 2. The van der Waals surface area contributed by atoms with Gasteiger partial charge in [0.05, 0.1) is 24.2 Å². The molecule has 0 radical (unpaired) electrons. The van der Waals surface area contributed by atoms with Crippen molar-refractivity contribution in [1.82, 2.24) is 20.2 Å². The molecule has 0 saturated carbocycles. The normalized spacial score (nSPS) is 24.5. The molecule has 25 heavy (non-hydrogen) atoms. The zero-order valence-corrected chi connectivity index (χ0v) is 16.0. The molecule has 0 aromatic carbocycles. The van der Waals surface area contributed by atoms with Crippen molar-refractivity contribution in [2.75, 3.05) is 31.1 Å². The first-order valence-corrected chi connectivity index (χ1v) is 9.70. The summed E-state index contributed by atoms with van der Waals surface area (Å²) >= 11 is 0. The Balaban J connectivity index is 0.000000569. The van der Waals surface area contributed by atoms with Crippen molar-refractivity contribution in [3.8, 4) is 0 Å². The molecule has 6 nitrogen and oxygen atoms in total. The first-order chi connectivity index (χ1) is 12.1. The molecule has 0 bridgehead atoms. The largest absolute Gasteiger partial charge is 0.356 e. The second-order valence-electron chi connectivity index (χ2n) is 7.33. The lowest BCUT2D eigenvalue weighted by molar-refractivity contribution is -0.137. The highest BCUT2D eigenvalue weighted by atomic mass is 16.2. The minimum absolute atomic E-state index is 0.0827. The summed E-state index contributed by atoms with van der Waals surface area (Å²) in [5.74, 6) is 2.26. The highest BCUT2D eigenvalue weighted by molar-refractivity contribution is 5.81. The first-order valence-electron chi connectivity index (χ1n) is 9.70. The number of aryl methyl sites for hydroxylation is 1. The van der Waals surface area contributed by atoms with E-state index < -0.39 is 0 Å². The van der Waals surface area contributed by atoms with Crippen LogP contribution in [0.1, 0.15) is 63.2 Å². The molecular formula is C19H31N5O. The van der Waals surface area contributed by atoms with Crippen LogP contribution in [0.2, 0.25) is 0 Å². The van der Waals surface area contributed by atoms with Crippen molar-refractivity contribution in [2.45, 2.75) is 59.5 Å². The number of nitrogens with one attached hydrogen (secondary N) is 1. The van der Waals surface area contributed by atoms with E-state index in [1.807, 2.05) is 11.8 Å². The van der Waals surface area contributed by atoms with Gasteiger partial charge in [0, 0.05) is 25.2 Å². The Hall–Kier alpha value is -1.69. The molecule has 0 spiro atoms. The van der Waals surface area contributed by atoms with Crippen LogP contribution in [0.3, 0.4) is 0 Å². The minimum atomic E-state index is 0.0827. The molecular weight excluding hydrogens is 314 g/mol. The third-order valence-corrected chi connectivity index (χ3v) is 5.17. The molecule has 4 rings (SSSR count). The average Bonchev–Trinajstić information content (AvgIpc) is 3.14. The summed E-state index contributed by atoms with van der Waals surface area (Å²) < 4.78 is 0. The number of aromatic nitrogens is 2. The van der Waals surface area contributed by atoms with Crippen LogP contribution in [0.15, 0.2) is 0 Å². The Morgan fingerprint density at radius 2 is 2.00 bits per heavy atom. The van der Waals surface area contributed by atoms with E-state index in [9.17, 15) is 4.79 Å². The van der Waals surface area contributed by atoms with Crippen LogP contribution < -0.4 is 10.2 Å². The Morgan fingerprint density at radius 1 is 1.28 bits per heavy atom. The summed E-state index contributed by atoms with van der Waals surface area (Å²) in [5.41, 5.74) is 2.21. The van der Waals surface area contributed by atoms with Gasteiger partial charge in [-0.05, 0) is 33.2 Å². The second kappa shape index (κ2) is 7.68. The van der Waals surface area contributed by atoms with Crippen LogP contribution >= 0.6 is 0 Å². The molecule has 1 amide bonds. The molecule has 3 aliphatic rings. The molecule has 2 saturated heterocycles. The summed E-state index contributed by atoms with van der Waals surface area (Å²) in [6.45, 7) is 12.8. The van der Waals surface area contributed by atoms with Crippen molar-refractivity contribution >= 4 is 11.7 Å².